The molecule has 9 nitrogen and oxygen atoms in total. The maximum absolute atomic E-state index is 12.8. The lowest BCUT2D eigenvalue weighted by molar-refractivity contribution is -0.870. The van der Waals surface area contributed by atoms with Crippen LogP contribution in [0, 0.1) is 0 Å². The van der Waals surface area contributed by atoms with Crippen molar-refractivity contribution < 1.29 is 42.1 Å². The first kappa shape index (κ1) is 71.4. The molecule has 0 aliphatic carbocycles. The van der Waals surface area contributed by atoms with Gasteiger partial charge in [0.2, 0.25) is 0 Å². The third kappa shape index (κ3) is 58.6. The van der Waals surface area contributed by atoms with E-state index in [0.29, 0.717) is 23.9 Å². The number of phosphoric ester groups is 1. The van der Waals surface area contributed by atoms with Crippen LogP contribution >= 0.6 is 7.82 Å². The van der Waals surface area contributed by atoms with Gasteiger partial charge in [-0.05, 0) is 116 Å². The Hall–Kier alpha value is -4.63. The first-order valence-electron chi connectivity index (χ1n) is 28.9. The average molecular weight is 1070 g/mol. The molecule has 0 aromatic carbocycles. The highest BCUT2D eigenvalue weighted by Crippen LogP contribution is 2.43. The third-order valence-corrected chi connectivity index (χ3v) is 12.2. The maximum Gasteiger partial charge on any atom is 0.472 e. The average Bonchev–Trinajstić information content (AvgIpc) is 3.38. The van der Waals surface area contributed by atoms with Gasteiger partial charge in [0.1, 0.15) is 19.8 Å². The van der Waals surface area contributed by atoms with Gasteiger partial charge in [0.15, 0.2) is 6.10 Å². The highest BCUT2D eigenvalue weighted by atomic mass is 31.2. The van der Waals surface area contributed by atoms with Gasteiger partial charge in [0.25, 0.3) is 0 Å². The van der Waals surface area contributed by atoms with Gasteiger partial charge in [-0.25, -0.2) is 4.57 Å². The van der Waals surface area contributed by atoms with Crippen molar-refractivity contribution >= 4 is 19.8 Å². The van der Waals surface area contributed by atoms with Crippen LogP contribution in [0.3, 0.4) is 0 Å². The Morgan fingerprint density at radius 2 is 0.737 bits per heavy atom. The number of unbranched alkanes of at least 4 members (excludes halogenated alkanes) is 8. The minimum Gasteiger partial charge on any atom is -0.462 e. The van der Waals surface area contributed by atoms with Crippen LogP contribution in [-0.4, -0.2) is 74.9 Å². The number of quaternary nitrogens is 1. The number of carbonyl (C=O) groups is 2. The minimum atomic E-state index is -4.42. The van der Waals surface area contributed by atoms with Crippen LogP contribution in [0.15, 0.2) is 170 Å². The molecule has 76 heavy (non-hydrogen) atoms. The fraction of sp³-hybridized carbons (Fsp3) is 0.545. The standard InChI is InChI=1S/C66H104NO8P/c1-6-8-10-12-14-16-18-20-22-24-26-27-28-29-30-31-32-33-34-35-36-37-38-39-41-43-45-47-49-51-53-55-57-59-66(69)75-64(63-74-76(70,71)73-61-60-67(3,4)5)62-72-65(68)58-56-54-52-50-48-46-44-42-40-25-23-21-19-17-15-13-11-9-7-2/h8-11,14-17,20-23,26-27,29-30,32-33,35-36,38-40,42,46,48,52,54,64H,6-7,12-13,18-19,24-25,28,31,34,37,41,43-45,47,49-51,53,55-63H2,1-5H3/p+1/b10-8-,11-9-,16-14-,17-15-,22-20-,23-21-,27-26-,30-29-,33-32-,36-35-,39-38-,42-40-,48-46-,54-52-. The molecule has 0 bridgehead atoms. The molecule has 0 aliphatic heterocycles. The number of hydrogen-bond acceptors (Lipinski definition) is 7. The van der Waals surface area contributed by atoms with Crippen LogP contribution in [0.25, 0.3) is 0 Å². The van der Waals surface area contributed by atoms with Crippen molar-refractivity contribution in [3.63, 3.8) is 0 Å². The topological polar surface area (TPSA) is 108 Å². The van der Waals surface area contributed by atoms with Crippen molar-refractivity contribution in [1.29, 1.82) is 0 Å². The highest BCUT2D eigenvalue weighted by Gasteiger charge is 2.27. The van der Waals surface area contributed by atoms with E-state index in [1.165, 1.54) is 25.7 Å². The molecule has 0 saturated heterocycles. The van der Waals surface area contributed by atoms with Gasteiger partial charge in [0.05, 0.1) is 27.7 Å². The van der Waals surface area contributed by atoms with Crippen molar-refractivity contribution in [2.45, 2.75) is 187 Å². The zero-order valence-electron chi connectivity index (χ0n) is 48.2. The number of likely N-dealkylation sites (N-methyl/N-ethyl adjacent to an activating group) is 1. The summed E-state index contributed by atoms with van der Waals surface area (Å²) < 4.78 is 34.4. The lowest BCUT2D eigenvalue weighted by atomic mass is 10.1. The summed E-state index contributed by atoms with van der Waals surface area (Å²) in [5.41, 5.74) is 0. The molecule has 1 N–H and O–H groups in total. The molecule has 0 aromatic heterocycles. The Bertz CT molecular complexity index is 1880. The fourth-order valence-electron chi connectivity index (χ4n) is 6.88. The summed E-state index contributed by atoms with van der Waals surface area (Å²) in [6.07, 6.45) is 84.4. The van der Waals surface area contributed by atoms with Crippen LogP contribution in [0.2, 0.25) is 0 Å². The minimum absolute atomic E-state index is 0.00834. The summed E-state index contributed by atoms with van der Waals surface area (Å²) in [5.74, 6) is -0.922. The molecule has 0 aromatic rings. The molecular weight excluding hydrogens is 966 g/mol. The molecule has 0 fully saturated rings. The number of allylic oxidation sites excluding steroid dienone is 28. The zero-order chi connectivity index (χ0) is 55.6. The van der Waals surface area contributed by atoms with E-state index in [4.69, 9.17) is 18.5 Å². The monoisotopic (exact) mass is 1070 g/mol. The lowest BCUT2D eigenvalue weighted by Gasteiger charge is -2.24. The van der Waals surface area contributed by atoms with E-state index >= 15 is 0 Å². The molecule has 0 spiro atoms. The van der Waals surface area contributed by atoms with Crippen LogP contribution < -0.4 is 0 Å². The molecule has 10 heteroatoms. The largest absolute Gasteiger partial charge is 0.472 e. The Morgan fingerprint density at radius 3 is 1.11 bits per heavy atom. The molecule has 426 valence electrons. The Kier molecular flexibility index (Phi) is 51.8. The fourth-order valence-corrected chi connectivity index (χ4v) is 7.62. The molecule has 2 unspecified atom stereocenters. The first-order chi connectivity index (χ1) is 37.0. The van der Waals surface area contributed by atoms with E-state index in [1.807, 2.05) is 33.3 Å². The number of nitrogens with zero attached hydrogens (tertiary/aromatic N) is 1. The second kappa shape index (κ2) is 55.1. The number of rotatable bonds is 50. The van der Waals surface area contributed by atoms with E-state index < -0.39 is 32.5 Å². The molecule has 0 aliphatic rings. The number of hydrogen-bond donors (Lipinski definition) is 1. The van der Waals surface area contributed by atoms with Crippen LogP contribution in [-0.2, 0) is 32.7 Å². The number of esters is 2. The second-order valence-electron chi connectivity index (χ2n) is 19.6. The van der Waals surface area contributed by atoms with Crippen LogP contribution in [0.4, 0.5) is 0 Å². The molecule has 0 amide bonds. The van der Waals surface area contributed by atoms with Crippen molar-refractivity contribution in [2.75, 3.05) is 47.5 Å². The van der Waals surface area contributed by atoms with Gasteiger partial charge in [-0.2, -0.15) is 0 Å². The molecule has 0 saturated carbocycles. The summed E-state index contributed by atoms with van der Waals surface area (Å²) in [4.78, 5) is 35.6. The van der Waals surface area contributed by atoms with E-state index in [-0.39, 0.29) is 26.1 Å². The number of carbonyl (C=O) groups excluding carboxylic acids is 2. The Balaban J connectivity index is 4.30. The summed E-state index contributed by atoms with van der Waals surface area (Å²) in [7, 11) is 1.40. The number of phosphoric acid groups is 1. The SMILES string of the molecule is CC/C=C\C/C=C\C/C=C\C/C=C\C/C=C\C/C=C\C/C=C\C/C=C\CCCCCCCCCCC(=O)OC(COC(=O)CC/C=C\C/C=C\C/C=C\C/C=C\C/C=C\C/C=C\CC)COP(=O)(O)OCC[N+](C)(C)C. The third-order valence-electron chi connectivity index (χ3n) is 11.3. The second-order valence-corrected chi connectivity index (χ2v) is 21.0. The highest BCUT2D eigenvalue weighted by molar-refractivity contribution is 7.47. The Labute approximate surface area is 464 Å². The molecule has 2 atom stereocenters. The van der Waals surface area contributed by atoms with Crippen molar-refractivity contribution in [2.24, 2.45) is 0 Å². The number of ether oxygens (including phenoxy) is 2. The quantitative estimate of drug-likeness (QED) is 0.0211. The first-order valence-corrected chi connectivity index (χ1v) is 30.4. The summed E-state index contributed by atoms with van der Waals surface area (Å²) in [6.45, 7) is 4.07. The molecule has 0 radical (unpaired) electrons. The van der Waals surface area contributed by atoms with Crippen molar-refractivity contribution in [1.82, 2.24) is 0 Å². The van der Waals surface area contributed by atoms with E-state index in [1.54, 1.807) is 0 Å². The predicted octanol–water partition coefficient (Wildman–Crippen LogP) is 18.3. The molecular formula is C66H105NO8P+. The van der Waals surface area contributed by atoms with Crippen molar-refractivity contribution in [3.05, 3.63) is 170 Å². The summed E-state index contributed by atoms with van der Waals surface area (Å²) in [5, 5.41) is 0. The van der Waals surface area contributed by atoms with Crippen LogP contribution in [0.1, 0.15) is 181 Å². The van der Waals surface area contributed by atoms with Gasteiger partial charge >= 0.3 is 19.8 Å². The van der Waals surface area contributed by atoms with Gasteiger partial charge in [-0.15, -0.1) is 0 Å². The van der Waals surface area contributed by atoms with Gasteiger partial charge in [-0.3, -0.25) is 18.6 Å². The summed E-state index contributed by atoms with van der Waals surface area (Å²) in [6, 6.07) is 0. The molecule has 0 rings (SSSR count). The van der Waals surface area contributed by atoms with E-state index in [9.17, 15) is 19.0 Å². The van der Waals surface area contributed by atoms with Crippen molar-refractivity contribution in [3.8, 4) is 0 Å². The van der Waals surface area contributed by atoms with E-state index in [2.05, 4.69) is 172 Å². The van der Waals surface area contributed by atoms with Gasteiger partial charge in [0, 0.05) is 12.8 Å². The lowest BCUT2D eigenvalue weighted by Crippen LogP contribution is -2.37. The van der Waals surface area contributed by atoms with Gasteiger partial charge in [-0.1, -0.05) is 223 Å². The predicted molar refractivity (Wildman–Crippen MR) is 325 cm³/mol. The van der Waals surface area contributed by atoms with Gasteiger partial charge < -0.3 is 18.9 Å². The normalized spacial score (nSPS) is 14.6. The summed E-state index contributed by atoms with van der Waals surface area (Å²) >= 11 is 0. The molecule has 0 heterocycles. The zero-order valence-corrected chi connectivity index (χ0v) is 49.1. The maximum atomic E-state index is 12.8. The van der Waals surface area contributed by atoms with E-state index in [0.717, 1.165) is 116 Å². The van der Waals surface area contributed by atoms with Crippen LogP contribution in [0.5, 0.6) is 0 Å². The smallest absolute Gasteiger partial charge is 0.462 e. The Morgan fingerprint density at radius 1 is 0.408 bits per heavy atom.